The summed E-state index contributed by atoms with van der Waals surface area (Å²) in [6.45, 7) is 0. The maximum atomic E-state index is 11.9. The number of benzene rings is 1. The number of ether oxygens (including phenoxy) is 1. The molecule has 0 fully saturated rings. The summed E-state index contributed by atoms with van der Waals surface area (Å²) >= 11 is 0. The van der Waals surface area contributed by atoms with E-state index in [-0.39, 0.29) is 5.75 Å². The first-order valence-electron chi connectivity index (χ1n) is 3.80. The van der Waals surface area contributed by atoms with Crippen molar-refractivity contribution >= 4 is 10.9 Å². The largest absolute Gasteiger partial charge is 0.573 e. The van der Waals surface area contributed by atoms with Crippen LogP contribution in [0.15, 0.2) is 24.3 Å². The number of halogens is 3. The first-order chi connectivity index (χ1) is 6.56. The van der Waals surface area contributed by atoms with Crippen LogP contribution >= 0.6 is 0 Å². The van der Waals surface area contributed by atoms with E-state index in [1.54, 1.807) is 12.1 Å². The molecule has 73 valence electrons. The summed E-state index contributed by atoms with van der Waals surface area (Å²) in [7, 11) is 0. The number of alkyl halides is 3. The van der Waals surface area contributed by atoms with Crippen molar-refractivity contribution in [2.24, 2.45) is 0 Å². The van der Waals surface area contributed by atoms with Gasteiger partial charge in [-0.1, -0.05) is 12.1 Å². The molecule has 14 heavy (non-hydrogen) atoms. The van der Waals surface area contributed by atoms with Crippen LogP contribution < -0.4 is 4.74 Å². The van der Waals surface area contributed by atoms with Crippen LogP contribution in [0, 0.1) is 6.20 Å². The second-order valence-electron chi connectivity index (χ2n) is 2.68. The van der Waals surface area contributed by atoms with E-state index in [9.17, 15) is 13.2 Å². The van der Waals surface area contributed by atoms with Crippen LogP contribution in [0.3, 0.4) is 0 Å². The molecule has 1 aromatic carbocycles. The molecule has 0 amide bonds. The molecule has 5 heteroatoms. The molecule has 1 N–H and O–H groups in total. The summed E-state index contributed by atoms with van der Waals surface area (Å²) in [5.41, 5.74) is 0.296. The maximum absolute atomic E-state index is 11.9. The van der Waals surface area contributed by atoms with Gasteiger partial charge in [0.1, 0.15) is 0 Å². The molecule has 2 nitrogen and oxygen atoms in total. The van der Waals surface area contributed by atoms with E-state index in [0.29, 0.717) is 10.9 Å². The Bertz CT molecular complexity index is 446. The van der Waals surface area contributed by atoms with Crippen molar-refractivity contribution in [1.29, 1.82) is 0 Å². The smallest absolute Gasteiger partial charge is 0.404 e. The molecule has 0 atom stereocenters. The van der Waals surface area contributed by atoms with Gasteiger partial charge in [-0.05, 0) is 12.1 Å². The zero-order chi connectivity index (χ0) is 10.2. The summed E-state index contributed by atoms with van der Waals surface area (Å²) in [5.74, 6) is -0.240. The lowest BCUT2D eigenvalue weighted by molar-refractivity contribution is -0.274. The lowest BCUT2D eigenvalue weighted by atomic mass is 10.2. The van der Waals surface area contributed by atoms with Crippen molar-refractivity contribution in [3.05, 3.63) is 30.5 Å². The van der Waals surface area contributed by atoms with Gasteiger partial charge in [0.25, 0.3) is 0 Å². The van der Waals surface area contributed by atoms with E-state index in [1.165, 1.54) is 12.1 Å². The molecule has 0 bridgehead atoms. The van der Waals surface area contributed by atoms with Crippen LogP contribution in [0.4, 0.5) is 13.2 Å². The minimum atomic E-state index is -4.67. The number of H-pyrrole nitrogens is 1. The van der Waals surface area contributed by atoms with Crippen molar-refractivity contribution in [1.82, 2.24) is 4.98 Å². The molecular weight excluding hydrogens is 195 g/mol. The maximum Gasteiger partial charge on any atom is 0.573 e. The third-order valence-electron chi connectivity index (χ3n) is 1.71. The van der Waals surface area contributed by atoms with Crippen molar-refractivity contribution in [2.45, 2.75) is 6.36 Å². The monoisotopic (exact) mass is 200 g/mol. The Morgan fingerprint density at radius 1 is 1.29 bits per heavy atom. The standard InChI is InChI=1S/C9H5F3NO/c10-9(11,12)14-7-3-1-2-6-4-5-13-8(6)7/h1-4,13H. The lowest BCUT2D eigenvalue weighted by Gasteiger charge is -2.09. The minimum Gasteiger partial charge on any atom is -0.404 e. The van der Waals surface area contributed by atoms with Gasteiger partial charge >= 0.3 is 6.36 Å². The van der Waals surface area contributed by atoms with Gasteiger partial charge in [0.2, 0.25) is 0 Å². The molecule has 1 aromatic heterocycles. The van der Waals surface area contributed by atoms with Crippen LogP contribution in [0.2, 0.25) is 0 Å². The highest BCUT2D eigenvalue weighted by molar-refractivity contribution is 5.84. The first kappa shape index (κ1) is 8.93. The third-order valence-corrected chi connectivity index (χ3v) is 1.71. The summed E-state index contributed by atoms with van der Waals surface area (Å²) in [6, 6.07) is 5.97. The molecular formula is C9H5F3NO. The number of aromatic nitrogens is 1. The number of rotatable bonds is 1. The third kappa shape index (κ3) is 1.66. The van der Waals surface area contributed by atoms with Gasteiger partial charge in [-0.25, -0.2) is 0 Å². The minimum absolute atomic E-state index is 0.240. The van der Waals surface area contributed by atoms with Gasteiger partial charge in [0.05, 0.1) is 11.7 Å². The van der Waals surface area contributed by atoms with Crippen molar-refractivity contribution in [3.8, 4) is 5.75 Å². The van der Waals surface area contributed by atoms with Gasteiger partial charge in [0, 0.05) is 5.39 Å². The molecule has 1 heterocycles. The van der Waals surface area contributed by atoms with E-state index in [2.05, 4.69) is 15.9 Å². The molecule has 0 aliphatic carbocycles. The second kappa shape index (κ2) is 2.94. The van der Waals surface area contributed by atoms with Crippen LogP contribution in [-0.2, 0) is 0 Å². The Morgan fingerprint density at radius 3 is 2.79 bits per heavy atom. The number of hydrogen-bond acceptors (Lipinski definition) is 1. The Hall–Kier alpha value is -1.65. The zero-order valence-electron chi connectivity index (χ0n) is 6.85. The second-order valence-corrected chi connectivity index (χ2v) is 2.68. The van der Waals surface area contributed by atoms with Gasteiger partial charge < -0.3 is 9.72 Å². The normalized spacial score (nSPS) is 11.9. The number of hydrogen-bond donors (Lipinski definition) is 1. The highest BCUT2D eigenvalue weighted by Crippen LogP contribution is 2.28. The number of aromatic amines is 1. The van der Waals surface area contributed by atoms with Gasteiger partial charge in [-0.2, -0.15) is 0 Å². The SMILES string of the molecule is FC(F)(F)Oc1cccc2c[c][nH]c12. The predicted octanol–water partition coefficient (Wildman–Crippen LogP) is 2.87. The van der Waals surface area contributed by atoms with Crippen LogP contribution in [0.5, 0.6) is 5.75 Å². The Morgan fingerprint density at radius 2 is 2.07 bits per heavy atom. The van der Waals surface area contributed by atoms with Gasteiger partial charge in [-0.3, -0.25) is 0 Å². The average molecular weight is 200 g/mol. The molecule has 0 saturated carbocycles. The molecule has 0 aliphatic rings. The molecule has 2 aromatic rings. The van der Waals surface area contributed by atoms with Crippen LogP contribution in [-0.4, -0.2) is 11.3 Å². The summed E-state index contributed by atoms with van der Waals surface area (Å²) in [6.07, 6.45) is -2.08. The highest BCUT2D eigenvalue weighted by atomic mass is 19.4. The molecule has 1 radical (unpaired) electrons. The van der Waals surface area contributed by atoms with Gasteiger partial charge in [-0.15, -0.1) is 13.2 Å². The Labute approximate surface area is 77.3 Å². The molecule has 0 aliphatic heterocycles. The summed E-state index contributed by atoms with van der Waals surface area (Å²) < 4.78 is 39.6. The highest BCUT2D eigenvalue weighted by Gasteiger charge is 2.31. The predicted molar refractivity (Wildman–Crippen MR) is 43.8 cm³/mol. The first-order valence-corrected chi connectivity index (χ1v) is 3.80. The van der Waals surface area contributed by atoms with E-state index in [0.717, 1.165) is 0 Å². The lowest BCUT2D eigenvalue weighted by Crippen LogP contribution is -2.17. The van der Waals surface area contributed by atoms with E-state index in [4.69, 9.17) is 0 Å². The van der Waals surface area contributed by atoms with E-state index >= 15 is 0 Å². The molecule has 0 unspecified atom stereocenters. The number of nitrogens with one attached hydrogen (secondary N) is 1. The quantitative estimate of drug-likeness (QED) is 0.752. The molecule has 2 rings (SSSR count). The molecule has 0 saturated heterocycles. The number of para-hydroxylation sites is 1. The Balaban J connectivity index is 2.46. The van der Waals surface area contributed by atoms with Crippen molar-refractivity contribution in [3.63, 3.8) is 0 Å². The average Bonchev–Trinajstić information content (AvgIpc) is 2.49. The van der Waals surface area contributed by atoms with E-state index in [1.807, 2.05) is 0 Å². The summed E-state index contributed by atoms with van der Waals surface area (Å²) in [4.78, 5) is 2.56. The van der Waals surface area contributed by atoms with E-state index < -0.39 is 6.36 Å². The fourth-order valence-electron chi connectivity index (χ4n) is 1.20. The van der Waals surface area contributed by atoms with Crippen molar-refractivity contribution < 1.29 is 17.9 Å². The number of fused-ring (bicyclic) bond motifs is 1. The van der Waals surface area contributed by atoms with Crippen molar-refractivity contribution in [2.75, 3.05) is 0 Å². The van der Waals surface area contributed by atoms with Gasteiger partial charge in [0.15, 0.2) is 5.75 Å². The molecule has 0 spiro atoms. The zero-order valence-corrected chi connectivity index (χ0v) is 6.85. The topological polar surface area (TPSA) is 25.0 Å². The summed E-state index contributed by atoms with van der Waals surface area (Å²) in [5, 5.41) is 0.631. The van der Waals surface area contributed by atoms with Crippen LogP contribution in [0.25, 0.3) is 10.9 Å². The fraction of sp³-hybridized carbons (Fsp3) is 0.111. The Kier molecular flexibility index (Phi) is 1.87. The van der Waals surface area contributed by atoms with Crippen LogP contribution in [0.1, 0.15) is 0 Å². The fourth-order valence-corrected chi connectivity index (χ4v) is 1.20.